The number of hydrogen-bond donors (Lipinski definition) is 1. The molecule has 4 atom stereocenters. The largest absolute Gasteiger partial charge is 0.450 e. The molecule has 1 heterocycles. The summed E-state index contributed by atoms with van der Waals surface area (Å²) in [6, 6.07) is -0.429. The van der Waals surface area contributed by atoms with Crippen molar-refractivity contribution in [1.29, 1.82) is 0 Å². The molecule has 0 saturated carbocycles. The predicted octanol–water partition coefficient (Wildman–Crippen LogP) is 2.45. The van der Waals surface area contributed by atoms with Gasteiger partial charge in [0.25, 0.3) is 0 Å². The molecule has 1 aliphatic rings. The minimum absolute atomic E-state index is 0.116. The van der Waals surface area contributed by atoms with Gasteiger partial charge in [0.15, 0.2) is 5.60 Å². The first-order chi connectivity index (χ1) is 10.1. The molecule has 1 N–H and O–H groups in total. The van der Waals surface area contributed by atoms with Crippen molar-refractivity contribution in [1.82, 2.24) is 5.32 Å². The average Bonchev–Trinajstić information content (AvgIpc) is 2.63. The summed E-state index contributed by atoms with van der Waals surface area (Å²) >= 11 is 0. The van der Waals surface area contributed by atoms with Crippen LogP contribution in [0.5, 0.6) is 0 Å². The fourth-order valence-electron chi connectivity index (χ4n) is 3.26. The number of rotatable bonds is 6. The van der Waals surface area contributed by atoms with E-state index in [1.54, 1.807) is 6.08 Å². The van der Waals surface area contributed by atoms with E-state index in [1.807, 2.05) is 13.8 Å². The van der Waals surface area contributed by atoms with Gasteiger partial charge in [0.05, 0.1) is 6.10 Å². The Morgan fingerprint density at radius 2 is 1.91 bits per heavy atom. The molecule has 0 spiro atoms. The first kappa shape index (κ1) is 18.7. The van der Waals surface area contributed by atoms with Crippen molar-refractivity contribution in [3.63, 3.8) is 0 Å². The van der Waals surface area contributed by atoms with Crippen molar-refractivity contribution >= 4 is 11.9 Å². The number of nitrogens with one attached hydrogen (secondary N) is 1. The molecular formula is C17H29NO4. The summed E-state index contributed by atoms with van der Waals surface area (Å²) in [7, 11) is 0. The van der Waals surface area contributed by atoms with E-state index in [0.29, 0.717) is 5.92 Å². The van der Waals surface area contributed by atoms with Gasteiger partial charge in [-0.3, -0.25) is 9.59 Å². The van der Waals surface area contributed by atoms with E-state index in [2.05, 4.69) is 25.7 Å². The maximum Gasteiger partial charge on any atom is 0.303 e. The Morgan fingerprint density at radius 3 is 2.27 bits per heavy atom. The lowest BCUT2D eigenvalue weighted by atomic mass is 9.81. The van der Waals surface area contributed by atoms with Crippen LogP contribution in [0.3, 0.4) is 0 Å². The first-order valence-electron chi connectivity index (χ1n) is 7.89. The first-order valence-corrected chi connectivity index (χ1v) is 7.89. The molecule has 1 fully saturated rings. The van der Waals surface area contributed by atoms with Crippen LogP contribution in [0, 0.1) is 11.8 Å². The summed E-state index contributed by atoms with van der Waals surface area (Å²) in [6.45, 7) is 14.9. The number of esters is 1. The lowest BCUT2D eigenvalue weighted by molar-refractivity contribution is -0.161. The van der Waals surface area contributed by atoms with E-state index in [9.17, 15) is 9.59 Å². The Hall–Kier alpha value is -1.36. The summed E-state index contributed by atoms with van der Waals surface area (Å²) < 4.78 is 11.8. The van der Waals surface area contributed by atoms with Gasteiger partial charge in [-0.1, -0.05) is 34.3 Å². The molecule has 5 nitrogen and oxygen atoms in total. The molecule has 0 unspecified atom stereocenters. The lowest BCUT2D eigenvalue weighted by Crippen LogP contribution is -2.58. The predicted molar refractivity (Wildman–Crippen MR) is 85.3 cm³/mol. The van der Waals surface area contributed by atoms with Crippen LogP contribution in [0.2, 0.25) is 0 Å². The molecular weight excluding hydrogens is 282 g/mol. The lowest BCUT2D eigenvalue weighted by Gasteiger charge is -2.37. The van der Waals surface area contributed by atoms with Crippen LogP contribution in [0.4, 0.5) is 0 Å². The van der Waals surface area contributed by atoms with Crippen LogP contribution in [-0.4, -0.2) is 35.7 Å². The highest BCUT2D eigenvalue weighted by Crippen LogP contribution is 2.41. The molecule has 1 saturated heterocycles. The second-order valence-electron chi connectivity index (χ2n) is 6.80. The van der Waals surface area contributed by atoms with E-state index in [0.717, 1.165) is 6.42 Å². The van der Waals surface area contributed by atoms with Gasteiger partial charge < -0.3 is 14.8 Å². The van der Waals surface area contributed by atoms with Crippen LogP contribution >= 0.6 is 0 Å². The summed E-state index contributed by atoms with van der Waals surface area (Å²) in [4.78, 5) is 23.3. The molecule has 0 aliphatic carbocycles. The van der Waals surface area contributed by atoms with Gasteiger partial charge in [-0.25, -0.2) is 0 Å². The fourth-order valence-corrected chi connectivity index (χ4v) is 3.26. The summed E-state index contributed by atoms with van der Waals surface area (Å²) in [6.07, 6.45) is 1.83. The van der Waals surface area contributed by atoms with Crippen molar-refractivity contribution < 1.29 is 19.1 Å². The quantitative estimate of drug-likeness (QED) is 0.604. The van der Waals surface area contributed by atoms with Crippen LogP contribution < -0.4 is 5.32 Å². The highest BCUT2D eigenvalue weighted by Gasteiger charge is 2.58. The molecule has 126 valence electrons. The second-order valence-corrected chi connectivity index (χ2v) is 6.80. The number of carbonyl (C=O) groups is 2. The molecule has 0 radical (unpaired) electrons. The molecule has 1 aliphatic heterocycles. The summed E-state index contributed by atoms with van der Waals surface area (Å²) in [5.41, 5.74) is -1.04. The highest BCUT2D eigenvalue weighted by molar-refractivity contribution is 5.74. The van der Waals surface area contributed by atoms with Gasteiger partial charge in [-0.05, 0) is 24.3 Å². The van der Waals surface area contributed by atoms with E-state index < -0.39 is 17.6 Å². The van der Waals surface area contributed by atoms with Gasteiger partial charge in [-0.2, -0.15) is 0 Å². The Morgan fingerprint density at radius 1 is 1.32 bits per heavy atom. The van der Waals surface area contributed by atoms with Crippen LogP contribution in [-0.2, 0) is 19.1 Å². The Balaban J connectivity index is 3.29. The molecule has 0 aromatic rings. The number of amides is 1. The molecule has 5 heteroatoms. The van der Waals surface area contributed by atoms with E-state index in [4.69, 9.17) is 9.47 Å². The van der Waals surface area contributed by atoms with Crippen LogP contribution in [0.25, 0.3) is 0 Å². The van der Waals surface area contributed by atoms with E-state index >= 15 is 0 Å². The standard InChI is InChI=1S/C17H29NO4/c1-8-17(22-13(7)20)15(18-12(6)19)14(9-10(2)3)21-16(17)11(4)5/h8,10-11,14-16H,1,9H2,2-7H3,(H,18,19)/t14-,15+,16+,17-/m1/s1. The molecule has 0 aromatic carbocycles. The van der Waals surface area contributed by atoms with Crippen molar-refractivity contribution in [2.75, 3.05) is 0 Å². The van der Waals surface area contributed by atoms with Crippen molar-refractivity contribution in [3.8, 4) is 0 Å². The third-order valence-corrected chi connectivity index (χ3v) is 3.93. The van der Waals surface area contributed by atoms with E-state index in [-0.39, 0.29) is 24.0 Å². The Bertz CT molecular complexity index is 432. The monoisotopic (exact) mass is 311 g/mol. The molecule has 1 rings (SSSR count). The number of carbonyl (C=O) groups excluding carboxylic acids is 2. The molecule has 0 bridgehead atoms. The average molecular weight is 311 g/mol. The van der Waals surface area contributed by atoms with Crippen molar-refractivity contribution in [2.24, 2.45) is 11.8 Å². The zero-order valence-electron chi connectivity index (χ0n) is 14.5. The van der Waals surface area contributed by atoms with Gasteiger partial charge >= 0.3 is 5.97 Å². The van der Waals surface area contributed by atoms with Crippen molar-refractivity contribution in [3.05, 3.63) is 12.7 Å². The molecule has 0 aromatic heterocycles. The highest BCUT2D eigenvalue weighted by atomic mass is 16.6. The normalized spacial score (nSPS) is 31.4. The number of ether oxygens (including phenoxy) is 2. The fraction of sp³-hybridized carbons (Fsp3) is 0.765. The van der Waals surface area contributed by atoms with Crippen molar-refractivity contribution in [2.45, 2.75) is 71.8 Å². The zero-order valence-corrected chi connectivity index (χ0v) is 14.5. The summed E-state index contributed by atoms with van der Waals surface area (Å²) in [5, 5.41) is 2.92. The Kier molecular flexibility index (Phi) is 6.17. The SMILES string of the molecule is C=C[C@]1(OC(C)=O)[C@H](C(C)C)O[C@H](CC(C)C)[C@@H]1NC(C)=O. The summed E-state index contributed by atoms with van der Waals surface area (Å²) in [5.74, 6) is -0.0716. The van der Waals surface area contributed by atoms with Gasteiger partial charge in [0.1, 0.15) is 12.1 Å². The molecule has 22 heavy (non-hydrogen) atoms. The maximum atomic E-state index is 11.7. The second kappa shape index (κ2) is 7.27. The minimum atomic E-state index is -1.04. The third kappa shape index (κ3) is 3.88. The van der Waals surface area contributed by atoms with E-state index in [1.165, 1.54) is 13.8 Å². The molecule has 1 amide bonds. The smallest absolute Gasteiger partial charge is 0.303 e. The topological polar surface area (TPSA) is 64.6 Å². The number of hydrogen-bond acceptors (Lipinski definition) is 4. The van der Waals surface area contributed by atoms with Gasteiger partial charge in [0.2, 0.25) is 5.91 Å². The third-order valence-electron chi connectivity index (χ3n) is 3.93. The zero-order chi connectivity index (χ0) is 17.1. The minimum Gasteiger partial charge on any atom is -0.450 e. The van der Waals surface area contributed by atoms with Gasteiger partial charge in [0, 0.05) is 13.8 Å². The van der Waals surface area contributed by atoms with Gasteiger partial charge in [-0.15, -0.1) is 0 Å². The Labute approximate surface area is 133 Å². The van der Waals surface area contributed by atoms with Crippen LogP contribution in [0.15, 0.2) is 12.7 Å². The maximum absolute atomic E-state index is 11.7. The van der Waals surface area contributed by atoms with Crippen LogP contribution in [0.1, 0.15) is 48.0 Å².